The lowest BCUT2D eigenvalue weighted by molar-refractivity contribution is -0.142. The first-order valence-electron chi connectivity index (χ1n) is 9.78. The molecular weight excluding hydrogens is 358 g/mol. The Morgan fingerprint density at radius 2 is 1.57 bits per heavy atom. The van der Waals surface area contributed by atoms with E-state index < -0.39 is 35.9 Å². The standard InChI is InChI=1S/C21H33N3O4/c1-5-14(4)18(22)20(26)23-16(11-13(2)3)19(25)24-17(21(27)28)12-15-9-7-6-8-10-15/h6-10,13-14,16-18H,5,11-12,22H2,1-4H3,(H,23,26)(H,24,25)(H,27,28)/t14-,16-,17-,18-/m0/s1. The molecule has 0 aliphatic rings. The minimum atomic E-state index is -1.12. The molecule has 0 aliphatic heterocycles. The van der Waals surface area contributed by atoms with Gasteiger partial charge in [0.1, 0.15) is 12.1 Å². The molecule has 1 aromatic rings. The maximum atomic E-state index is 12.8. The Bertz CT molecular complexity index is 648. The van der Waals surface area contributed by atoms with E-state index in [1.807, 2.05) is 45.9 Å². The molecule has 1 aromatic carbocycles. The van der Waals surface area contributed by atoms with Gasteiger partial charge in [-0.05, 0) is 23.8 Å². The number of benzene rings is 1. The first-order valence-corrected chi connectivity index (χ1v) is 9.78. The lowest BCUT2D eigenvalue weighted by Gasteiger charge is -2.25. The van der Waals surface area contributed by atoms with Gasteiger partial charge < -0.3 is 21.5 Å². The Hall–Kier alpha value is -2.41. The molecule has 7 nitrogen and oxygen atoms in total. The van der Waals surface area contributed by atoms with Gasteiger partial charge in [0.05, 0.1) is 6.04 Å². The van der Waals surface area contributed by atoms with Crippen molar-refractivity contribution in [1.82, 2.24) is 10.6 Å². The van der Waals surface area contributed by atoms with Gasteiger partial charge in [-0.15, -0.1) is 0 Å². The zero-order valence-corrected chi connectivity index (χ0v) is 17.1. The molecule has 0 aromatic heterocycles. The number of amides is 2. The van der Waals surface area contributed by atoms with Crippen molar-refractivity contribution >= 4 is 17.8 Å². The first kappa shape index (κ1) is 23.6. The van der Waals surface area contributed by atoms with E-state index in [4.69, 9.17) is 5.73 Å². The summed E-state index contributed by atoms with van der Waals surface area (Å²) in [7, 11) is 0. The summed E-state index contributed by atoms with van der Waals surface area (Å²) >= 11 is 0. The molecule has 0 saturated heterocycles. The SMILES string of the molecule is CC[C@H](C)[C@H](N)C(=O)N[C@@H](CC(C)C)C(=O)N[C@@H](Cc1ccccc1)C(=O)O. The Labute approximate surface area is 167 Å². The molecule has 5 N–H and O–H groups in total. The number of nitrogens with two attached hydrogens (primary N) is 1. The average Bonchev–Trinajstić information content (AvgIpc) is 2.65. The molecule has 0 radical (unpaired) electrons. The van der Waals surface area contributed by atoms with Crippen LogP contribution in [0.4, 0.5) is 0 Å². The van der Waals surface area contributed by atoms with Gasteiger partial charge in [0.15, 0.2) is 0 Å². The van der Waals surface area contributed by atoms with E-state index in [1.165, 1.54) is 0 Å². The number of carbonyl (C=O) groups is 3. The number of aliphatic carboxylic acids is 1. The molecule has 28 heavy (non-hydrogen) atoms. The van der Waals surface area contributed by atoms with Crippen LogP contribution in [-0.2, 0) is 20.8 Å². The van der Waals surface area contributed by atoms with Gasteiger partial charge >= 0.3 is 5.97 Å². The lowest BCUT2D eigenvalue weighted by Crippen LogP contribution is -2.56. The molecule has 0 unspecified atom stereocenters. The summed E-state index contributed by atoms with van der Waals surface area (Å²) in [4.78, 5) is 36.8. The quantitative estimate of drug-likeness (QED) is 0.457. The van der Waals surface area contributed by atoms with Crippen molar-refractivity contribution in [1.29, 1.82) is 0 Å². The van der Waals surface area contributed by atoms with Crippen molar-refractivity contribution in [3.63, 3.8) is 0 Å². The summed E-state index contributed by atoms with van der Waals surface area (Å²) < 4.78 is 0. The number of carboxylic acids is 1. The summed E-state index contributed by atoms with van der Waals surface area (Å²) in [5.74, 6) is -1.92. The Morgan fingerprint density at radius 3 is 2.07 bits per heavy atom. The van der Waals surface area contributed by atoms with Crippen LogP contribution in [-0.4, -0.2) is 41.0 Å². The fraction of sp³-hybridized carbons (Fsp3) is 0.571. The third-order valence-corrected chi connectivity index (χ3v) is 4.80. The molecule has 7 heteroatoms. The van der Waals surface area contributed by atoms with Gasteiger partial charge in [-0.1, -0.05) is 64.4 Å². The normalized spacial score (nSPS) is 15.4. The smallest absolute Gasteiger partial charge is 0.326 e. The Kier molecular flexibility index (Phi) is 9.65. The third-order valence-electron chi connectivity index (χ3n) is 4.80. The van der Waals surface area contributed by atoms with Crippen LogP contribution in [0.1, 0.15) is 46.1 Å². The molecular formula is C21H33N3O4. The summed E-state index contributed by atoms with van der Waals surface area (Å²) in [6.07, 6.45) is 1.30. The van der Waals surface area contributed by atoms with Crippen molar-refractivity contribution in [2.75, 3.05) is 0 Å². The molecule has 4 atom stereocenters. The van der Waals surface area contributed by atoms with Gasteiger partial charge in [0.2, 0.25) is 11.8 Å². The van der Waals surface area contributed by atoms with E-state index in [9.17, 15) is 19.5 Å². The van der Waals surface area contributed by atoms with Crippen molar-refractivity contribution in [2.45, 2.75) is 65.1 Å². The maximum Gasteiger partial charge on any atom is 0.326 e. The van der Waals surface area contributed by atoms with Gasteiger partial charge in [-0.3, -0.25) is 9.59 Å². The minimum absolute atomic E-state index is 0.0207. The predicted molar refractivity (Wildman–Crippen MR) is 109 cm³/mol. The zero-order chi connectivity index (χ0) is 21.3. The largest absolute Gasteiger partial charge is 0.480 e. The predicted octanol–water partition coefficient (Wildman–Crippen LogP) is 1.70. The van der Waals surface area contributed by atoms with Gasteiger partial charge in [-0.25, -0.2) is 4.79 Å². The summed E-state index contributed by atoms with van der Waals surface area (Å²) in [6, 6.07) is 6.45. The van der Waals surface area contributed by atoms with Crippen molar-refractivity contribution in [3.8, 4) is 0 Å². The number of rotatable bonds is 11. The Morgan fingerprint density at radius 1 is 1.00 bits per heavy atom. The molecule has 0 heterocycles. The lowest BCUT2D eigenvalue weighted by atomic mass is 9.97. The molecule has 0 spiro atoms. The third kappa shape index (κ3) is 7.68. The number of nitrogens with one attached hydrogen (secondary N) is 2. The molecule has 1 rings (SSSR count). The summed E-state index contributed by atoms with van der Waals surface area (Å²) in [5, 5.41) is 14.8. The van der Waals surface area contributed by atoms with Crippen LogP contribution >= 0.6 is 0 Å². The molecule has 2 amide bonds. The van der Waals surface area contributed by atoms with Crippen LogP contribution in [0.2, 0.25) is 0 Å². The molecule has 156 valence electrons. The van der Waals surface area contributed by atoms with E-state index in [0.29, 0.717) is 6.42 Å². The average molecular weight is 392 g/mol. The molecule has 0 bridgehead atoms. The minimum Gasteiger partial charge on any atom is -0.480 e. The number of hydrogen-bond donors (Lipinski definition) is 4. The molecule has 0 fully saturated rings. The second kappa shape index (κ2) is 11.4. The highest BCUT2D eigenvalue weighted by molar-refractivity contribution is 5.91. The number of hydrogen-bond acceptors (Lipinski definition) is 4. The van der Waals surface area contributed by atoms with E-state index in [-0.39, 0.29) is 18.3 Å². The highest BCUT2D eigenvalue weighted by Gasteiger charge is 2.29. The highest BCUT2D eigenvalue weighted by Crippen LogP contribution is 2.10. The van der Waals surface area contributed by atoms with Crippen LogP contribution < -0.4 is 16.4 Å². The van der Waals surface area contributed by atoms with Crippen LogP contribution in [0.3, 0.4) is 0 Å². The van der Waals surface area contributed by atoms with Gasteiger partial charge in [0, 0.05) is 6.42 Å². The van der Waals surface area contributed by atoms with Gasteiger partial charge in [0.25, 0.3) is 0 Å². The number of carbonyl (C=O) groups excluding carboxylic acids is 2. The van der Waals surface area contributed by atoms with Crippen molar-refractivity contribution < 1.29 is 19.5 Å². The van der Waals surface area contributed by atoms with E-state index >= 15 is 0 Å². The zero-order valence-electron chi connectivity index (χ0n) is 17.1. The second-order valence-corrected chi connectivity index (χ2v) is 7.69. The van der Waals surface area contributed by atoms with Crippen LogP contribution in [0.5, 0.6) is 0 Å². The maximum absolute atomic E-state index is 12.8. The van der Waals surface area contributed by atoms with Crippen LogP contribution in [0.15, 0.2) is 30.3 Å². The molecule has 0 saturated carbocycles. The van der Waals surface area contributed by atoms with Crippen LogP contribution in [0.25, 0.3) is 0 Å². The number of carboxylic acid groups (broad SMARTS) is 1. The van der Waals surface area contributed by atoms with Gasteiger partial charge in [-0.2, -0.15) is 0 Å². The molecule has 0 aliphatic carbocycles. The monoisotopic (exact) mass is 391 g/mol. The van der Waals surface area contributed by atoms with E-state index in [2.05, 4.69) is 10.6 Å². The van der Waals surface area contributed by atoms with E-state index in [1.54, 1.807) is 12.1 Å². The summed E-state index contributed by atoms with van der Waals surface area (Å²) in [6.45, 7) is 7.68. The topological polar surface area (TPSA) is 122 Å². The fourth-order valence-electron chi connectivity index (χ4n) is 2.81. The van der Waals surface area contributed by atoms with Crippen molar-refractivity contribution in [3.05, 3.63) is 35.9 Å². The highest BCUT2D eigenvalue weighted by atomic mass is 16.4. The van der Waals surface area contributed by atoms with Crippen molar-refractivity contribution in [2.24, 2.45) is 17.6 Å². The second-order valence-electron chi connectivity index (χ2n) is 7.69. The Balaban J connectivity index is 2.86. The summed E-state index contributed by atoms with van der Waals surface area (Å²) in [5.41, 5.74) is 6.77. The van der Waals surface area contributed by atoms with Crippen LogP contribution in [0, 0.1) is 11.8 Å². The van der Waals surface area contributed by atoms with E-state index in [0.717, 1.165) is 12.0 Å². The fourth-order valence-corrected chi connectivity index (χ4v) is 2.81. The first-order chi connectivity index (χ1) is 13.1.